The van der Waals surface area contributed by atoms with Gasteiger partial charge < -0.3 is 19.3 Å². The monoisotopic (exact) mass is 556 g/mol. The van der Waals surface area contributed by atoms with Gasteiger partial charge in [0, 0.05) is 29.0 Å². The van der Waals surface area contributed by atoms with E-state index >= 15 is 0 Å². The molecule has 0 saturated heterocycles. The lowest BCUT2D eigenvalue weighted by molar-refractivity contribution is 0.310. The van der Waals surface area contributed by atoms with Crippen LogP contribution in [0.25, 0.3) is 0 Å². The van der Waals surface area contributed by atoms with Gasteiger partial charge in [-0.1, -0.05) is 56.1 Å². The summed E-state index contributed by atoms with van der Waals surface area (Å²) in [5.74, 6) is 1.88. The average Bonchev–Trinajstić information content (AvgIpc) is 2.77. The summed E-state index contributed by atoms with van der Waals surface area (Å²) < 4.78 is 14.3. The standard InChI is InChI=1S/C26H26Br2N2O2/c1-16-6-4-5-7-17(16)26(18-12-24-22(14-20(18)27)29(2)8-10-31-24)19-13-25-23(15-21(19)28)30(3)9-11-32-25/h4-7,12-15,26H,8-11H2,1-3H3. The van der Waals surface area contributed by atoms with E-state index in [1.807, 2.05) is 0 Å². The van der Waals surface area contributed by atoms with E-state index in [-0.39, 0.29) is 5.92 Å². The largest absolute Gasteiger partial charge is 0.490 e. The highest BCUT2D eigenvalue weighted by molar-refractivity contribution is 9.10. The fourth-order valence-electron chi connectivity index (χ4n) is 4.63. The van der Waals surface area contributed by atoms with E-state index in [4.69, 9.17) is 9.47 Å². The molecule has 3 aromatic carbocycles. The highest BCUT2D eigenvalue weighted by Gasteiger charge is 2.28. The number of halogens is 2. The summed E-state index contributed by atoms with van der Waals surface area (Å²) in [7, 11) is 4.22. The van der Waals surface area contributed by atoms with Crippen LogP contribution in [0.15, 0.2) is 57.5 Å². The lowest BCUT2D eigenvalue weighted by Crippen LogP contribution is -2.29. The Balaban J connectivity index is 1.73. The summed E-state index contributed by atoms with van der Waals surface area (Å²) in [5, 5.41) is 0. The Hall–Kier alpha value is -2.18. The Morgan fingerprint density at radius 2 is 1.25 bits per heavy atom. The maximum atomic E-state index is 6.07. The van der Waals surface area contributed by atoms with Crippen molar-refractivity contribution < 1.29 is 9.47 Å². The number of rotatable bonds is 3. The molecule has 0 aliphatic carbocycles. The molecule has 5 rings (SSSR count). The van der Waals surface area contributed by atoms with E-state index in [0.29, 0.717) is 13.2 Å². The first-order valence-corrected chi connectivity index (χ1v) is 12.4. The minimum atomic E-state index is 0.0159. The summed E-state index contributed by atoms with van der Waals surface area (Å²) >= 11 is 7.79. The third kappa shape index (κ3) is 3.77. The van der Waals surface area contributed by atoms with Gasteiger partial charge in [-0.25, -0.2) is 0 Å². The average molecular weight is 558 g/mol. The molecule has 0 bridgehead atoms. The van der Waals surface area contributed by atoms with Gasteiger partial charge in [0.25, 0.3) is 0 Å². The van der Waals surface area contributed by atoms with Crippen molar-refractivity contribution in [2.45, 2.75) is 12.8 Å². The normalized spacial score (nSPS) is 15.2. The van der Waals surface area contributed by atoms with Crippen LogP contribution in [0.4, 0.5) is 11.4 Å². The Morgan fingerprint density at radius 1 is 0.750 bits per heavy atom. The van der Waals surface area contributed by atoms with E-state index < -0.39 is 0 Å². The van der Waals surface area contributed by atoms with Crippen LogP contribution >= 0.6 is 31.9 Å². The Morgan fingerprint density at radius 3 is 1.75 bits per heavy atom. The maximum absolute atomic E-state index is 6.07. The molecular weight excluding hydrogens is 532 g/mol. The third-order valence-electron chi connectivity index (χ3n) is 6.47. The zero-order valence-electron chi connectivity index (χ0n) is 18.5. The number of likely N-dealkylation sites (N-methyl/N-ethyl adjacent to an activating group) is 2. The summed E-state index contributed by atoms with van der Waals surface area (Å²) in [5.41, 5.74) is 7.11. The molecule has 2 aliphatic heterocycles. The number of hydrogen-bond acceptors (Lipinski definition) is 4. The minimum absolute atomic E-state index is 0.0159. The summed E-state index contributed by atoms with van der Waals surface area (Å²) in [6, 6.07) is 17.4. The van der Waals surface area contributed by atoms with Crippen molar-refractivity contribution in [2.75, 3.05) is 50.2 Å². The topological polar surface area (TPSA) is 24.9 Å². The molecule has 166 valence electrons. The number of benzene rings is 3. The van der Waals surface area contributed by atoms with Crippen LogP contribution in [0.3, 0.4) is 0 Å². The second-order valence-electron chi connectivity index (χ2n) is 8.51. The predicted octanol–water partition coefficient (Wildman–Crippen LogP) is 6.36. The predicted molar refractivity (Wildman–Crippen MR) is 138 cm³/mol. The first-order chi connectivity index (χ1) is 15.4. The smallest absolute Gasteiger partial charge is 0.143 e. The first-order valence-electron chi connectivity index (χ1n) is 10.8. The molecule has 4 nitrogen and oxygen atoms in total. The molecular formula is C26H26Br2N2O2. The van der Waals surface area contributed by atoms with E-state index in [9.17, 15) is 0 Å². The fraction of sp³-hybridized carbons (Fsp3) is 0.308. The highest BCUT2D eigenvalue weighted by atomic mass is 79.9. The summed E-state index contributed by atoms with van der Waals surface area (Å²) in [4.78, 5) is 4.49. The van der Waals surface area contributed by atoms with Crippen molar-refractivity contribution in [3.05, 3.63) is 79.7 Å². The molecule has 0 unspecified atom stereocenters. The summed E-state index contributed by atoms with van der Waals surface area (Å²) in [6.07, 6.45) is 0. The second kappa shape index (κ2) is 8.64. The van der Waals surface area contributed by atoms with E-state index in [1.165, 1.54) is 22.3 Å². The van der Waals surface area contributed by atoms with Crippen molar-refractivity contribution in [2.24, 2.45) is 0 Å². The molecule has 6 heteroatoms. The highest BCUT2D eigenvalue weighted by Crippen LogP contribution is 2.47. The van der Waals surface area contributed by atoms with Gasteiger partial charge in [-0.2, -0.15) is 0 Å². The van der Waals surface area contributed by atoms with Gasteiger partial charge in [-0.3, -0.25) is 0 Å². The number of aryl methyl sites for hydroxylation is 1. The van der Waals surface area contributed by atoms with Crippen molar-refractivity contribution in [3.63, 3.8) is 0 Å². The zero-order chi connectivity index (χ0) is 22.4. The molecule has 32 heavy (non-hydrogen) atoms. The van der Waals surface area contributed by atoms with Crippen LogP contribution < -0.4 is 19.3 Å². The van der Waals surface area contributed by atoms with Gasteiger partial charge in [-0.05, 0) is 53.4 Å². The van der Waals surface area contributed by atoms with Crippen LogP contribution in [0.2, 0.25) is 0 Å². The molecule has 0 saturated carbocycles. The van der Waals surface area contributed by atoms with Crippen LogP contribution in [-0.2, 0) is 0 Å². The lowest BCUT2D eigenvalue weighted by Gasteiger charge is -2.32. The van der Waals surface area contributed by atoms with E-state index in [2.05, 4.69) is 111 Å². The molecule has 0 amide bonds. The quantitative estimate of drug-likeness (QED) is 0.350. The second-order valence-corrected chi connectivity index (χ2v) is 10.2. The Bertz CT molecular complexity index is 1110. The number of anilines is 2. The lowest BCUT2D eigenvalue weighted by atomic mass is 9.82. The number of ether oxygens (including phenoxy) is 2. The van der Waals surface area contributed by atoms with Crippen LogP contribution in [0, 0.1) is 6.92 Å². The number of fused-ring (bicyclic) bond motifs is 2. The van der Waals surface area contributed by atoms with Crippen LogP contribution in [0.5, 0.6) is 11.5 Å². The van der Waals surface area contributed by atoms with Crippen molar-refractivity contribution in [1.29, 1.82) is 0 Å². The van der Waals surface area contributed by atoms with Gasteiger partial charge in [0.2, 0.25) is 0 Å². The molecule has 0 radical (unpaired) electrons. The third-order valence-corrected chi connectivity index (χ3v) is 7.84. The molecule has 2 aliphatic rings. The molecule has 3 aromatic rings. The number of hydrogen-bond donors (Lipinski definition) is 0. The van der Waals surface area contributed by atoms with Gasteiger partial charge in [0.05, 0.1) is 24.5 Å². The van der Waals surface area contributed by atoms with Crippen LogP contribution in [0.1, 0.15) is 28.2 Å². The first kappa shape index (κ1) is 21.7. The molecule has 0 fully saturated rings. The van der Waals surface area contributed by atoms with Gasteiger partial charge in [0.15, 0.2) is 0 Å². The van der Waals surface area contributed by atoms with Gasteiger partial charge in [-0.15, -0.1) is 0 Å². The molecule has 0 atom stereocenters. The molecule has 0 aromatic heterocycles. The van der Waals surface area contributed by atoms with E-state index in [0.717, 1.165) is 44.9 Å². The van der Waals surface area contributed by atoms with E-state index in [1.54, 1.807) is 0 Å². The molecule has 0 spiro atoms. The van der Waals surface area contributed by atoms with Crippen LogP contribution in [-0.4, -0.2) is 40.4 Å². The van der Waals surface area contributed by atoms with Gasteiger partial charge >= 0.3 is 0 Å². The van der Waals surface area contributed by atoms with Gasteiger partial charge in [0.1, 0.15) is 24.7 Å². The fourth-order valence-corrected chi connectivity index (χ4v) is 5.75. The minimum Gasteiger partial charge on any atom is -0.490 e. The Kier molecular flexibility index (Phi) is 5.84. The SMILES string of the molecule is Cc1ccccc1C(c1cc2c(cc1Br)N(C)CCO2)c1cc2c(cc1Br)N(C)CCO2. The van der Waals surface area contributed by atoms with Crippen molar-refractivity contribution in [3.8, 4) is 11.5 Å². The molecule has 2 heterocycles. The maximum Gasteiger partial charge on any atom is 0.143 e. The summed E-state index contributed by atoms with van der Waals surface area (Å²) in [6.45, 7) is 5.35. The number of nitrogens with zero attached hydrogens (tertiary/aromatic N) is 2. The van der Waals surface area contributed by atoms with Crippen molar-refractivity contribution in [1.82, 2.24) is 0 Å². The Labute approximate surface area is 206 Å². The zero-order valence-corrected chi connectivity index (χ0v) is 21.7. The van der Waals surface area contributed by atoms with Crippen molar-refractivity contribution >= 4 is 43.2 Å². The molecule has 0 N–H and O–H groups in total.